The van der Waals surface area contributed by atoms with Gasteiger partial charge >= 0.3 is 5.97 Å². The lowest BCUT2D eigenvalue weighted by atomic mass is 10.1. The molecule has 0 atom stereocenters. The molecule has 3 N–H and O–H groups in total. The Bertz CT molecular complexity index is 536. The van der Waals surface area contributed by atoms with E-state index in [-0.39, 0.29) is 29.1 Å². The number of carbonyl (C=O) groups excluding carboxylic acids is 1. The molecule has 6 heteroatoms. The van der Waals surface area contributed by atoms with E-state index in [0.29, 0.717) is 12.3 Å². The predicted octanol–water partition coefficient (Wildman–Crippen LogP) is 0.896. The highest BCUT2D eigenvalue weighted by Gasteiger charge is 2.42. The highest BCUT2D eigenvalue weighted by Crippen LogP contribution is 2.44. The van der Waals surface area contributed by atoms with Gasteiger partial charge in [-0.3, -0.25) is 4.79 Å². The van der Waals surface area contributed by atoms with Crippen molar-refractivity contribution in [3.63, 3.8) is 0 Å². The molecule has 2 rings (SSSR count). The Kier molecular flexibility index (Phi) is 3.94. The van der Waals surface area contributed by atoms with Gasteiger partial charge in [0.25, 0.3) is 5.91 Å². The second-order valence-electron chi connectivity index (χ2n) is 5.10. The third-order valence-corrected chi connectivity index (χ3v) is 3.57. The highest BCUT2D eigenvalue weighted by atomic mass is 16.5. The number of carboxylic acid groups (broad SMARTS) is 1. The molecule has 1 aliphatic rings. The smallest absolute Gasteiger partial charge is 0.335 e. The molecule has 0 saturated heterocycles. The molecule has 1 aromatic rings. The third-order valence-electron chi connectivity index (χ3n) is 3.57. The molecule has 108 valence electrons. The lowest BCUT2D eigenvalue weighted by Gasteiger charge is -2.13. The van der Waals surface area contributed by atoms with Crippen LogP contribution >= 0.6 is 0 Å². The van der Waals surface area contributed by atoms with Crippen molar-refractivity contribution >= 4 is 11.9 Å². The van der Waals surface area contributed by atoms with Crippen molar-refractivity contribution < 1.29 is 24.5 Å². The normalized spacial score (nSPS) is 15.5. The zero-order valence-corrected chi connectivity index (χ0v) is 11.2. The van der Waals surface area contributed by atoms with Crippen molar-refractivity contribution in [1.29, 1.82) is 0 Å². The molecular weight excluding hydrogens is 262 g/mol. The molecule has 0 aliphatic heterocycles. The summed E-state index contributed by atoms with van der Waals surface area (Å²) in [5.74, 6) is -1.17. The summed E-state index contributed by atoms with van der Waals surface area (Å²) in [6.45, 7) is 0.438. The number of ether oxygens (including phenoxy) is 1. The minimum absolute atomic E-state index is 0.00204. The van der Waals surface area contributed by atoms with E-state index in [1.54, 1.807) is 0 Å². The minimum Gasteiger partial charge on any atom is -0.497 e. The van der Waals surface area contributed by atoms with Gasteiger partial charge in [0.1, 0.15) is 5.75 Å². The third kappa shape index (κ3) is 3.08. The highest BCUT2D eigenvalue weighted by molar-refractivity contribution is 5.98. The second-order valence-corrected chi connectivity index (χ2v) is 5.10. The van der Waals surface area contributed by atoms with E-state index in [2.05, 4.69) is 5.32 Å². The molecule has 0 radical (unpaired) electrons. The molecule has 0 heterocycles. The molecular formula is C14H17NO5. The SMILES string of the molecule is COc1cc(C(=O)O)cc(C(=O)NCC2(CO)CC2)c1. The van der Waals surface area contributed by atoms with E-state index >= 15 is 0 Å². The minimum atomic E-state index is -1.12. The van der Waals surface area contributed by atoms with Gasteiger partial charge in [-0.1, -0.05) is 0 Å². The molecule has 1 fully saturated rings. The molecule has 1 amide bonds. The number of carbonyl (C=O) groups is 2. The van der Waals surface area contributed by atoms with Gasteiger partial charge in [0, 0.05) is 17.5 Å². The maximum atomic E-state index is 12.0. The van der Waals surface area contributed by atoms with E-state index in [4.69, 9.17) is 9.84 Å². The van der Waals surface area contributed by atoms with Crippen molar-refractivity contribution in [1.82, 2.24) is 5.32 Å². The predicted molar refractivity (Wildman–Crippen MR) is 71.0 cm³/mol. The summed E-state index contributed by atoms with van der Waals surface area (Å²) in [4.78, 5) is 23.0. The van der Waals surface area contributed by atoms with Crippen LogP contribution in [0.2, 0.25) is 0 Å². The monoisotopic (exact) mass is 279 g/mol. The Labute approximate surface area is 116 Å². The van der Waals surface area contributed by atoms with Crippen LogP contribution in [-0.2, 0) is 0 Å². The van der Waals surface area contributed by atoms with Crippen molar-refractivity contribution in [3.05, 3.63) is 29.3 Å². The molecule has 1 saturated carbocycles. The van der Waals surface area contributed by atoms with Gasteiger partial charge in [0.05, 0.1) is 19.3 Å². The molecule has 1 aliphatic carbocycles. The molecule has 0 unspecified atom stereocenters. The summed E-state index contributed by atoms with van der Waals surface area (Å²) in [5, 5.41) is 20.9. The Balaban J connectivity index is 2.12. The largest absolute Gasteiger partial charge is 0.497 e. The standard InChI is InChI=1S/C14H17NO5/c1-20-11-5-9(4-10(6-11)13(18)19)12(17)15-7-14(8-16)2-3-14/h4-6,16H,2-3,7-8H2,1H3,(H,15,17)(H,18,19). The lowest BCUT2D eigenvalue weighted by molar-refractivity contribution is 0.0696. The summed E-state index contributed by atoms with van der Waals surface area (Å²) < 4.78 is 4.99. The maximum Gasteiger partial charge on any atom is 0.335 e. The summed E-state index contributed by atoms with van der Waals surface area (Å²) in [7, 11) is 1.41. The van der Waals surface area contributed by atoms with Crippen molar-refractivity contribution in [3.8, 4) is 5.75 Å². The van der Waals surface area contributed by atoms with Crippen LogP contribution in [0.4, 0.5) is 0 Å². The van der Waals surface area contributed by atoms with Crippen LogP contribution in [0, 0.1) is 5.41 Å². The summed E-state index contributed by atoms with van der Waals surface area (Å²) >= 11 is 0. The first-order valence-electron chi connectivity index (χ1n) is 6.31. The van der Waals surface area contributed by atoms with Gasteiger partial charge in [-0.05, 0) is 31.0 Å². The second kappa shape index (κ2) is 5.50. The van der Waals surface area contributed by atoms with Gasteiger partial charge in [0.15, 0.2) is 0 Å². The first-order valence-corrected chi connectivity index (χ1v) is 6.31. The number of aromatic carboxylic acids is 1. The fourth-order valence-corrected chi connectivity index (χ4v) is 1.91. The van der Waals surface area contributed by atoms with Gasteiger partial charge in [-0.2, -0.15) is 0 Å². The zero-order chi connectivity index (χ0) is 14.8. The number of hydrogen-bond acceptors (Lipinski definition) is 4. The average molecular weight is 279 g/mol. The Hall–Kier alpha value is -2.08. The van der Waals surface area contributed by atoms with Crippen LogP contribution < -0.4 is 10.1 Å². The van der Waals surface area contributed by atoms with Crippen LogP contribution in [0.3, 0.4) is 0 Å². The van der Waals surface area contributed by atoms with Crippen LogP contribution in [0.1, 0.15) is 33.6 Å². The van der Waals surface area contributed by atoms with Crippen LogP contribution in [0.15, 0.2) is 18.2 Å². The first kappa shape index (κ1) is 14.3. The van der Waals surface area contributed by atoms with Gasteiger partial charge in [-0.15, -0.1) is 0 Å². The van der Waals surface area contributed by atoms with Crippen molar-refractivity contribution in [2.24, 2.45) is 5.41 Å². The Morgan fingerprint density at radius 1 is 1.30 bits per heavy atom. The van der Waals surface area contributed by atoms with E-state index in [1.165, 1.54) is 25.3 Å². The number of nitrogens with one attached hydrogen (secondary N) is 1. The van der Waals surface area contributed by atoms with Gasteiger partial charge in [-0.25, -0.2) is 4.79 Å². The molecule has 0 spiro atoms. The van der Waals surface area contributed by atoms with Crippen LogP contribution in [0.25, 0.3) is 0 Å². The van der Waals surface area contributed by atoms with E-state index < -0.39 is 5.97 Å². The molecule has 0 bridgehead atoms. The van der Waals surface area contributed by atoms with Gasteiger partial charge in [0.2, 0.25) is 0 Å². The summed E-state index contributed by atoms with van der Waals surface area (Å²) in [5.41, 5.74) is 0.0396. The van der Waals surface area contributed by atoms with Crippen molar-refractivity contribution in [2.45, 2.75) is 12.8 Å². The zero-order valence-electron chi connectivity index (χ0n) is 11.2. The van der Waals surface area contributed by atoms with Crippen LogP contribution in [0.5, 0.6) is 5.75 Å². The number of methoxy groups -OCH3 is 1. The van der Waals surface area contributed by atoms with Gasteiger partial charge < -0.3 is 20.3 Å². The number of carboxylic acids is 1. The molecule has 1 aromatic carbocycles. The summed E-state index contributed by atoms with van der Waals surface area (Å²) in [6.07, 6.45) is 1.78. The first-order chi connectivity index (χ1) is 9.49. The molecule has 20 heavy (non-hydrogen) atoms. The quantitative estimate of drug-likeness (QED) is 0.719. The summed E-state index contributed by atoms with van der Waals surface area (Å²) in [6, 6.07) is 4.15. The Morgan fingerprint density at radius 3 is 2.45 bits per heavy atom. The number of rotatable bonds is 6. The number of aliphatic hydroxyl groups excluding tert-OH is 1. The van der Waals surface area contributed by atoms with E-state index in [0.717, 1.165) is 12.8 Å². The number of aliphatic hydroxyl groups is 1. The number of amides is 1. The van der Waals surface area contributed by atoms with E-state index in [9.17, 15) is 14.7 Å². The van der Waals surface area contributed by atoms with Crippen molar-refractivity contribution in [2.75, 3.05) is 20.3 Å². The van der Waals surface area contributed by atoms with E-state index in [1.807, 2.05) is 0 Å². The Morgan fingerprint density at radius 2 is 1.95 bits per heavy atom. The molecule has 0 aromatic heterocycles. The maximum absolute atomic E-state index is 12.0. The molecule has 6 nitrogen and oxygen atoms in total. The average Bonchev–Trinajstić information content (AvgIpc) is 3.24. The number of benzene rings is 1. The fourth-order valence-electron chi connectivity index (χ4n) is 1.91. The number of hydrogen-bond donors (Lipinski definition) is 3. The lowest BCUT2D eigenvalue weighted by Crippen LogP contribution is -2.32. The van der Waals surface area contributed by atoms with Crippen LogP contribution in [-0.4, -0.2) is 42.4 Å². The topological polar surface area (TPSA) is 95.9 Å². The fraction of sp³-hybridized carbons (Fsp3) is 0.429.